The SMILES string of the molecule is N#CCN1CCC(Oc2ccc(N3C(=S)N(c4cnc(C#N)c(Cl)c4)C(=O)C34CCC4)cc2)CC1. The lowest BCUT2D eigenvalue weighted by molar-refractivity contribution is -0.123. The van der Waals surface area contributed by atoms with Gasteiger partial charge in [0.1, 0.15) is 23.5 Å². The Hall–Kier alpha value is -3.24. The van der Waals surface area contributed by atoms with Gasteiger partial charge < -0.3 is 9.64 Å². The van der Waals surface area contributed by atoms with Crippen molar-refractivity contribution in [2.45, 2.75) is 43.7 Å². The maximum atomic E-state index is 13.6. The van der Waals surface area contributed by atoms with E-state index in [4.69, 9.17) is 39.1 Å². The molecule has 1 spiro atoms. The van der Waals surface area contributed by atoms with E-state index < -0.39 is 5.54 Å². The van der Waals surface area contributed by atoms with Crippen molar-refractivity contribution in [2.75, 3.05) is 29.4 Å². The van der Waals surface area contributed by atoms with E-state index in [-0.39, 0.29) is 22.7 Å². The van der Waals surface area contributed by atoms with Gasteiger partial charge in [-0.25, -0.2) is 4.98 Å². The monoisotopic (exact) mass is 506 g/mol. The Bertz CT molecular complexity index is 1240. The molecule has 0 N–H and O–H groups in total. The van der Waals surface area contributed by atoms with Crippen LogP contribution in [0.25, 0.3) is 0 Å². The number of nitriles is 2. The third-order valence-electron chi connectivity index (χ3n) is 7.01. The number of anilines is 2. The van der Waals surface area contributed by atoms with Gasteiger partial charge in [0.15, 0.2) is 10.8 Å². The number of nitrogens with zero attached hydrogens (tertiary/aromatic N) is 6. The van der Waals surface area contributed by atoms with Crippen molar-refractivity contribution >= 4 is 46.2 Å². The molecule has 2 saturated heterocycles. The predicted molar refractivity (Wildman–Crippen MR) is 135 cm³/mol. The van der Waals surface area contributed by atoms with E-state index in [9.17, 15) is 4.79 Å². The molecule has 178 valence electrons. The van der Waals surface area contributed by atoms with Crippen LogP contribution in [-0.2, 0) is 4.79 Å². The summed E-state index contributed by atoms with van der Waals surface area (Å²) in [5.74, 6) is 0.673. The van der Waals surface area contributed by atoms with E-state index in [0.717, 1.165) is 43.8 Å². The van der Waals surface area contributed by atoms with Crippen LogP contribution in [0.2, 0.25) is 5.02 Å². The summed E-state index contributed by atoms with van der Waals surface area (Å²) in [5, 5.41) is 18.5. The lowest BCUT2D eigenvalue weighted by atomic mass is 9.75. The van der Waals surface area contributed by atoms with E-state index >= 15 is 0 Å². The second-order valence-electron chi connectivity index (χ2n) is 9.02. The van der Waals surface area contributed by atoms with Gasteiger partial charge >= 0.3 is 0 Å². The Labute approximate surface area is 214 Å². The van der Waals surface area contributed by atoms with E-state index in [1.807, 2.05) is 35.2 Å². The highest BCUT2D eigenvalue weighted by atomic mass is 35.5. The molecule has 1 aliphatic carbocycles. The zero-order chi connectivity index (χ0) is 24.6. The summed E-state index contributed by atoms with van der Waals surface area (Å²) >= 11 is 12.0. The van der Waals surface area contributed by atoms with Crippen LogP contribution in [0.5, 0.6) is 5.75 Å². The third kappa shape index (κ3) is 4.10. The molecule has 0 radical (unpaired) electrons. The zero-order valence-electron chi connectivity index (χ0n) is 19.0. The van der Waals surface area contributed by atoms with Crippen molar-refractivity contribution in [3.05, 3.63) is 47.2 Å². The second-order valence-corrected chi connectivity index (χ2v) is 9.80. The minimum absolute atomic E-state index is 0.0965. The second kappa shape index (κ2) is 9.43. The van der Waals surface area contributed by atoms with Gasteiger partial charge in [0.25, 0.3) is 5.91 Å². The topological polar surface area (TPSA) is 96.5 Å². The molecule has 10 heteroatoms. The summed E-state index contributed by atoms with van der Waals surface area (Å²) in [4.78, 5) is 23.2. The molecule has 1 saturated carbocycles. The van der Waals surface area contributed by atoms with Gasteiger partial charge in [0.2, 0.25) is 0 Å². The minimum atomic E-state index is -0.715. The highest BCUT2D eigenvalue weighted by Crippen LogP contribution is 2.48. The highest BCUT2D eigenvalue weighted by molar-refractivity contribution is 7.81. The van der Waals surface area contributed by atoms with Crippen molar-refractivity contribution in [2.24, 2.45) is 0 Å². The first-order valence-corrected chi connectivity index (χ1v) is 12.4. The maximum Gasteiger partial charge on any atom is 0.259 e. The molecule has 2 aliphatic heterocycles. The maximum absolute atomic E-state index is 13.6. The van der Waals surface area contributed by atoms with Gasteiger partial charge in [-0.2, -0.15) is 10.5 Å². The molecule has 3 aliphatic rings. The Morgan fingerprint density at radius 3 is 2.46 bits per heavy atom. The van der Waals surface area contributed by atoms with Crippen LogP contribution in [0.4, 0.5) is 11.4 Å². The summed E-state index contributed by atoms with van der Waals surface area (Å²) in [7, 11) is 0. The number of likely N-dealkylation sites (tertiary alicyclic amines) is 1. The summed E-state index contributed by atoms with van der Waals surface area (Å²) in [5.41, 5.74) is 0.678. The standard InChI is InChI=1S/C25H23ClN6O2S/c26-21-14-18(16-29-22(21)15-28)31-23(33)25(8-1-9-25)32(24(31)35)17-2-4-19(5-3-17)34-20-6-11-30(12-7-20)13-10-27/h2-5,14,16,20H,1,6-9,11-13H2. The van der Waals surface area contributed by atoms with Crippen LogP contribution in [0, 0.1) is 22.7 Å². The van der Waals surface area contributed by atoms with Gasteiger partial charge in [-0.3, -0.25) is 14.6 Å². The Morgan fingerprint density at radius 2 is 1.89 bits per heavy atom. The van der Waals surface area contributed by atoms with E-state index in [2.05, 4.69) is 16.0 Å². The fraction of sp³-hybridized carbons (Fsp3) is 0.400. The minimum Gasteiger partial charge on any atom is -0.490 e. The summed E-state index contributed by atoms with van der Waals surface area (Å²) < 4.78 is 6.18. The number of benzene rings is 1. The van der Waals surface area contributed by atoms with Crippen molar-refractivity contribution in [3.63, 3.8) is 0 Å². The smallest absolute Gasteiger partial charge is 0.259 e. The number of hydrogen-bond donors (Lipinski definition) is 0. The Balaban J connectivity index is 1.35. The molecule has 1 amide bonds. The molecule has 2 aromatic rings. The number of thiocarbonyl (C=S) groups is 1. The molecule has 5 rings (SSSR count). The van der Waals surface area contributed by atoms with Crippen LogP contribution < -0.4 is 14.5 Å². The van der Waals surface area contributed by atoms with Crippen molar-refractivity contribution in [1.82, 2.24) is 9.88 Å². The van der Waals surface area contributed by atoms with Crippen LogP contribution in [-0.4, -0.2) is 52.2 Å². The van der Waals surface area contributed by atoms with Crippen LogP contribution in [0.1, 0.15) is 37.8 Å². The molecule has 0 bridgehead atoms. The molecule has 1 aromatic heterocycles. The molecule has 8 nitrogen and oxygen atoms in total. The molecular weight excluding hydrogens is 484 g/mol. The molecule has 1 aromatic carbocycles. The molecule has 0 unspecified atom stereocenters. The fourth-order valence-electron chi connectivity index (χ4n) is 4.99. The summed E-state index contributed by atoms with van der Waals surface area (Å²) in [6.07, 6.45) is 5.70. The normalized spacial score (nSPS) is 20.0. The highest BCUT2D eigenvalue weighted by Gasteiger charge is 2.59. The average Bonchev–Trinajstić information content (AvgIpc) is 3.07. The van der Waals surface area contributed by atoms with Crippen molar-refractivity contribution in [1.29, 1.82) is 10.5 Å². The molecule has 3 heterocycles. The van der Waals surface area contributed by atoms with Crippen LogP contribution in [0.3, 0.4) is 0 Å². The Morgan fingerprint density at radius 1 is 1.17 bits per heavy atom. The van der Waals surface area contributed by atoms with Crippen molar-refractivity contribution < 1.29 is 9.53 Å². The molecule has 3 fully saturated rings. The number of aromatic nitrogens is 1. The number of rotatable bonds is 5. The van der Waals surface area contributed by atoms with Crippen LogP contribution in [0.15, 0.2) is 36.5 Å². The number of halogens is 1. The first-order valence-electron chi connectivity index (χ1n) is 11.6. The molecular formula is C25H23ClN6O2S. The van der Waals surface area contributed by atoms with Gasteiger partial charge in [0, 0.05) is 18.8 Å². The number of ether oxygens (including phenoxy) is 1. The number of amides is 1. The number of piperidine rings is 1. The van der Waals surface area contributed by atoms with Gasteiger partial charge in [-0.05, 0) is 74.7 Å². The van der Waals surface area contributed by atoms with Crippen LogP contribution >= 0.6 is 23.8 Å². The number of pyridine rings is 1. The molecule has 35 heavy (non-hydrogen) atoms. The third-order valence-corrected chi connectivity index (χ3v) is 7.66. The largest absolute Gasteiger partial charge is 0.490 e. The quantitative estimate of drug-likeness (QED) is 0.443. The van der Waals surface area contributed by atoms with Gasteiger partial charge in [0.05, 0.1) is 29.5 Å². The van der Waals surface area contributed by atoms with E-state index in [0.29, 0.717) is 30.2 Å². The fourth-order valence-corrected chi connectivity index (χ4v) is 5.66. The van der Waals surface area contributed by atoms with Gasteiger partial charge in [-0.1, -0.05) is 11.6 Å². The predicted octanol–water partition coefficient (Wildman–Crippen LogP) is 4.03. The lowest BCUT2D eigenvalue weighted by Gasteiger charge is -2.43. The number of hydrogen-bond acceptors (Lipinski definition) is 7. The summed E-state index contributed by atoms with van der Waals surface area (Å²) in [6, 6.07) is 13.4. The average molecular weight is 507 g/mol. The Kier molecular flexibility index (Phi) is 6.33. The lowest BCUT2D eigenvalue weighted by Crippen LogP contribution is -2.55. The zero-order valence-corrected chi connectivity index (χ0v) is 20.6. The summed E-state index contributed by atoms with van der Waals surface area (Å²) in [6.45, 7) is 2.17. The van der Waals surface area contributed by atoms with E-state index in [1.165, 1.54) is 11.1 Å². The first-order chi connectivity index (χ1) is 17.0. The van der Waals surface area contributed by atoms with Gasteiger partial charge in [-0.15, -0.1) is 0 Å². The van der Waals surface area contributed by atoms with E-state index in [1.54, 1.807) is 6.07 Å². The number of carbonyl (C=O) groups excluding carboxylic acids is 1. The first kappa shape index (κ1) is 23.5. The van der Waals surface area contributed by atoms with Crippen molar-refractivity contribution in [3.8, 4) is 17.9 Å². The number of carbonyl (C=O) groups is 1. The molecule has 0 atom stereocenters.